The Hall–Kier alpha value is -1.90. The zero-order valence-corrected chi connectivity index (χ0v) is 11.8. The van der Waals surface area contributed by atoms with E-state index in [1.165, 1.54) is 25.7 Å². The van der Waals surface area contributed by atoms with Crippen LogP contribution in [0.5, 0.6) is 0 Å². The average molecular weight is 268 g/mol. The fourth-order valence-electron chi connectivity index (χ4n) is 2.93. The highest BCUT2D eigenvalue weighted by molar-refractivity contribution is 5.89. The summed E-state index contributed by atoms with van der Waals surface area (Å²) in [5, 5.41) is 5.68. The molecule has 3 rings (SSSR count). The van der Waals surface area contributed by atoms with Gasteiger partial charge in [-0.1, -0.05) is 19.1 Å². The monoisotopic (exact) mass is 268 g/mol. The minimum Gasteiger partial charge on any atom is -0.367 e. The molecular formula is C17H20N2O. The number of hydrogen-bond acceptors (Lipinski definition) is 3. The Morgan fingerprint density at radius 1 is 1.15 bits per heavy atom. The number of carbonyl (C=O) groups is 1. The van der Waals surface area contributed by atoms with Gasteiger partial charge in [0, 0.05) is 23.2 Å². The molecule has 0 bridgehead atoms. The SMILES string of the molecule is CC1CCC(Nc2cc3ccc(C=O)cc3cn2)CC1. The minimum absolute atomic E-state index is 0.547. The number of pyridine rings is 1. The van der Waals surface area contributed by atoms with Gasteiger partial charge in [-0.05, 0) is 49.1 Å². The molecule has 0 spiro atoms. The zero-order chi connectivity index (χ0) is 13.9. The first kappa shape index (κ1) is 13.1. The number of anilines is 1. The van der Waals surface area contributed by atoms with E-state index in [4.69, 9.17) is 0 Å². The molecule has 0 aliphatic heterocycles. The molecule has 1 aliphatic carbocycles. The molecule has 2 aromatic rings. The molecule has 20 heavy (non-hydrogen) atoms. The van der Waals surface area contributed by atoms with E-state index in [0.717, 1.165) is 28.8 Å². The quantitative estimate of drug-likeness (QED) is 0.854. The van der Waals surface area contributed by atoms with Crippen LogP contribution in [0.2, 0.25) is 0 Å². The van der Waals surface area contributed by atoms with Crippen LogP contribution in [0, 0.1) is 5.92 Å². The van der Waals surface area contributed by atoms with E-state index in [1.807, 2.05) is 24.4 Å². The van der Waals surface area contributed by atoms with E-state index in [-0.39, 0.29) is 0 Å². The van der Waals surface area contributed by atoms with Crippen molar-refractivity contribution in [1.29, 1.82) is 0 Å². The molecule has 3 nitrogen and oxygen atoms in total. The summed E-state index contributed by atoms with van der Waals surface area (Å²) in [6.45, 7) is 2.33. The summed E-state index contributed by atoms with van der Waals surface area (Å²) in [5.41, 5.74) is 0.696. The van der Waals surface area contributed by atoms with E-state index in [0.29, 0.717) is 11.6 Å². The van der Waals surface area contributed by atoms with Crippen LogP contribution < -0.4 is 5.32 Å². The smallest absolute Gasteiger partial charge is 0.150 e. The highest BCUT2D eigenvalue weighted by Crippen LogP contribution is 2.26. The van der Waals surface area contributed by atoms with E-state index < -0.39 is 0 Å². The van der Waals surface area contributed by atoms with E-state index >= 15 is 0 Å². The maximum Gasteiger partial charge on any atom is 0.150 e. The van der Waals surface area contributed by atoms with Gasteiger partial charge in [0.25, 0.3) is 0 Å². The van der Waals surface area contributed by atoms with Crippen LogP contribution in [0.15, 0.2) is 30.5 Å². The normalized spacial score (nSPS) is 22.6. The number of nitrogens with one attached hydrogen (secondary N) is 1. The van der Waals surface area contributed by atoms with Crippen molar-refractivity contribution in [3.05, 3.63) is 36.0 Å². The van der Waals surface area contributed by atoms with Crippen LogP contribution in [-0.4, -0.2) is 17.3 Å². The number of fused-ring (bicyclic) bond motifs is 1. The summed E-state index contributed by atoms with van der Waals surface area (Å²) < 4.78 is 0. The summed E-state index contributed by atoms with van der Waals surface area (Å²) in [6, 6.07) is 8.32. The summed E-state index contributed by atoms with van der Waals surface area (Å²) in [4.78, 5) is 15.2. The Morgan fingerprint density at radius 3 is 2.70 bits per heavy atom. The van der Waals surface area contributed by atoms with E-state index in [2.05, 4.69) is 23.3 Å². The lowest BCUT2D eigenvalue weighted by molar-refractivity contribution is 0.112. The van der Waals surface area contributed by atoms with Gasteiger partial charge < -0.3 is 5.32 Å². The second-order valence-electron chi connectivity index (χ2n) is 5.90. The Morgan fingerprint density at radius 2 is 1.95 bits per heavy atom. The van der Waals surface area contributed by atoms with Crippen molar-refractivity contribution >= 4 is 22.9 Å². The Bertz CT molecular complexity index is 615. The minimum atomic E-state index is 0.547. The summed E-state index contributed by atoms with van der Waals surface area (Å²) >= 11 is 0. The molecule has 1 aromatic carbocycles. The number of aromatic nitrogens is 1. The van der Waals surface area contributed by atoms with Gasteiger partial charge >= 0.3 is 0 Å². The Balaban J connectivity index is 1.77. The second kappa shape index (κ2) is 5.61. The van der Waals surface area contributed by atoms with Gasteiger partial charge in [-0.3, -0.25) is 4.79 Å². The van der Waals surface area contributed by atoms with Crippen LogP contribution in [-0.2, 0) is 0 Å². The number of benzene rings is 1. The molecule has 1 saturated carbocycles. The number of nitrogens with zero attached hydrogens (tertiary/aromatic N) is 1. The van der Waals surface area contributed by atoms with Crippen molar-refractivity contribution in [3.63, 3.8) is 0 Å². The largest absolute Gasteiger partial charge is 0.367 e. The van der Waals surface area contributed by atoms with Crippen molar-refractivity contribution in [2.24, 2.45) is 5.92 Å². The molecule has 0 saturated heterocycles. The third-order valence-corrected chi connectivity index (χ3v) is 4.25. The average Bonchev–Trinajstić information content (AvgIpc) is 2.49. The number of rotatable bonds is 3. The molecule has 1 N–H and O–H groups in total. The van der Waals surface area contributed by atoms with Gasteiger partial charge in [-0.15, -0.1) is 0 Å². The van der Waals surface area contributed by atoms with Crippen molar-refractivity contribution in [2.45, 2.75) is 38.6 Å². The fraction of sp³-hybridized carbons (Fsp3) is 0.412. The topological polar surface area (TPSA) is 42.0 Å². The van der Waals surface area contributed by atoms with Gasteiger partial charge in [0.2, 0.25) is 0 Å². The molecule has 0 radical (unpaired) electrons. The predicted molar refractivity (Wildman–Crippen MR) is 82.2 cm³/mol. The lowest BCUT2D eigenvalue weighted by Gasteiger charge is -2.27. The molecule has 0 atom stereocenters. The molecule has 3 heteroatoms. The molecule has 1 fully saturated rings. The molecule has 1 aromatic heterocycles. The first-order valence-electron chi connectivity index (χ1n) is 7.36. The molecule has 0 unspecified atom stereocenters. The van der Waals surface area contributed by atoms with Crippen LogP contribution in [0.4, 0.5) is 5.82 Å². The summed E-state index contributed by atoms with van der Waals surface area (Å²) in [7, 11) is 0. The molecule has 1 aliphatic rings. The molecule has 0 amide bonds. The molecule has 104 valence electrons. The number of hydrogen-bond donors (Lipinski definition) is 1. The summed E-state index contributed by atoms with van der Waals surface area (Å²) in [5.74, 6) is 1.80. The van der Waals surface area contributed by atoms with Crippen LogP contribution in [0.3, 0.4) is 0 Å². The van der Waals surface area contributed by atoms with Gasteiger partial charge in [0.15, 0.2) is 0 Å². The standard InChI is InChI=1S/C17H20N2O/c1-12-2-6-16(7-3-12)19-17-9-14-5-4-13(11-20)8-15(14)10-18-17/h4-5,8-12,16H,2-3,6-7H2,1H3,(H,18,19). The molecule has 1 heterocycles. The van der Waals surface area contributed by atoms with Crippen molar-refractivity contribution in [1.82, 2.24) is 4.98 Å². The van der Waals surface area contributed by atoms with Gasteiger partial charge in [-0.25, -0.2) is 4.98 Å². The first-order valence-corrected chi connectivity index (χ1v) is 7.36. The number of carbonyl (C=O) groups excluding carboxylic acids is 1. The van der Waals surface area contributed by atoms with Gasteiger partial charge in [0.05, 0.1) is 0 Å². The zero-order valence-electron chi connectivity index (χ0n) is 11.8. The lowest BCUT2D eigenvalue weighted by atomic mass is 9.87. The Kier molecular flexibility index (Phi) is 3.68. The third kappa shape index (κ3) is 2.82. The lowest BCUT2D eigenvalue weighted by Crippen LogP contribution is -2.25. The number of aldehydes is 1. The van der Waals surface area contributed by atoms with Gasteiger partial charge in [-0.2, -0.15) is 0 Å². The van der Waals surface area contributed by atoms with Crippen LogP contribution in [0.25, 0.3) is 10.8 Å². The summed E-state index contributed by atoms with van der Waals surface area (Å²) in [6.07, 6.45) is 7.77. The van der Waals surface area contributed by atoms with Crippen LogP contribution in [0.1, 0.15) is 43.0 Å². The fourth-order valence-corrected chi connectivity index (χ4v) is 2.93. The molecular weight excluding hydrogens is 248 g/mol. The van der Waals surface area contributed by atoms with Crippen molar-refractivity contribution in [2.75, 3.05) is 5.32 Å². The highest BCUT2D eigenvalue weighted by atomic mass is 16.1. The van der Waals surface area contributed by atoms with E-state index in [9.17, 15) is 4.79 Å². The van der Waals surface area contributed by atoms with Gasteiger partial charge in [0.1, 0.15) is 12.1 Å². The first-order chi connectivity index (χ1) is 9.74. The predicted octanol–water partition coefficient (Wildman–Crippen LogP) is 4.04. The highest BCUT2D eigenvalue weighted by Gasteiger charge is 2.18. The van der Waals surface area contributed by atoms with Crippen molar-refractivity contribution in [3.8, 4) is 0 Å². The maximum absolute atomic E-state index is 10.8. The van der Waals surface area contributed by atoms with Crippen LogP contribution >= 0.6 is 0 Å². The van der Waals surface area contributed by atoms with E-state index in [1.54, 1.807) is 0 Å². The second-order valence-corrected chi connectivity index (χ2v) is 5.90. The maximum atomic E-state index is 10.8. The Labute approximate surface area is 119 Å². The third-order valence-electron chi connectivity index (χ3n) is 4.25. The van der Waals surface area contributed by atoms with Crippen molar-refractivity contribution < 1.29 is 4.79 Å².